The molecule has 0 saturated carbocycles. The Labute approximate surface area is 115 Å². The van der Waals surface area contributed by atoms with E-state index < -0.39 is 5.97 Å². The molecule has 0 bridgehead atoms. The second-order valence-corrected chi connectivity index (χ2v) is 5.16. The number of carbonyl (C=O) groups excluding carboxylic acids is 1. The molecule has 1 amide bonds. The molecule has 0 aliphatic carbocycles. The van der Waals surface area contributed by atoms with E-state index in [1.54, 1.807) is 11.8 Å². The fourth-order valence-corrected chi connectivity index (χ4v) is 2.27. The molecule has 1 rings (SSSR count). The maximum Gasteiger partial charge on any atom is 0.337 e. The Bertz CT molecular complexity index is 465. The van der Waals surface area contributed by atoms with Crippen molar-refractivity contribution in [2.24, 2.45) is 5.92 Å². The molecule has 6 heteroatoms. The van der Waals surface area contributed by atoms with Crippen LogP contribution in [0.5, 0.6) is 0 Å². The van der Waals surface area contributed by atoms with E-state index in [2.05, 4.69) is 5.32 Å². The lowest BCUT2D eigenvalue weighted by Gasteiger charge is -2.11. The highest BCUT2D eigenvalue weighted by Gasteiger charge is 2.14. The van der Waals surface area contributed by atoms with Gasteiger partial charge in [0.25, 0.3) is 0 Å². The van der Waals surface area contributed by atoms with Gasteiger partial charge in [-0.1, -0.05) is 18.5 Å². The van der Waals surface area contributed by atoms with E-state index in [0.717, 1.165) is 5.75 Å². The van der Waals surface area contributed by atoms with Crippen LogP contribution in [0.1, 0.15) is 17.3 Å². The number of hydrogen-bond acceptors (Lipinski definition) is 3. The zero-order chi connectivity index (χ0) is 13.7. The van der Waals surface area contributed by atoms with Gasteiger partial charge < -0.3 is 10.4 Å². The number of carboxylic acids is 1. The summed E-state index contributed by atoms with van der Waals surface area (Å²) in [7, 11) is 0. The third-order valence-corrected chi connectivity index (χ3v) is 3.48. The molecule has 1 aromatic carbocycles. The summed E-state index contributed by atoms with van der Waals surface area (Å²) in [5, 5.41) is 11.6. The van der Waals surface area contributed by atoms with E-state index in [-0.39, 0.29) is 22.4 Å². The Kier molecular flexibility index (Phi) is 5.50. The maximum atomic E-state index is 11.7. The molecule has 0 heterocycles. The molecular weight excluding hydrogens is 274 g/mol. The second kappa shape index (κ2) is 6.66. The number of amides is 1. The highest BCUT2D eigenvalue weighted by Crippen LogP contribution is 2.21. The van der Waals surface area contributed by atoms with Crippen molar-refractivity contribution in [2.45, 2.75) is 6.92 Å². The lowest BCUT2D eigenvalue weighted by Crippen LogP contribution is -2.22. The minimum absolute atomic E-state index is 0.0202. The number of benzene rings is 1. The smallest absolute Gasteiger partial charge is 0.337 e. The van der Waals surface area contributed by atoms with Crippen LogP contribution in [0, 0.1) is 5.92 Å². The highest BCUT2D eigenvalue weighted by atomic mass is 35.5. The van der Waals surface area contributed by atoms with Crippen molar-refractivity contribution in [1.82, 2.24) is 0 Å². The average Bonchev–Trinajstić information content (AvgIpc) is 2.28. The zero-order valence-corrected chi connectivity index (χ0v) is 11.6. The number of thioether (sulfide) groups is 1. The van der Waals surface area contributed by atoms with Crippen molar-refractivity contribution in [1.29, 1.82) is 0 Å². The topological polar surface area (TPSA) is 66.4 Å². The van der Waals surface area contributed by atoms with Crippen LogP contribution in [0.25, 0.3) is 0 Å². The SMILES string of the molecule is CSCC(C)C(=O)Nc1ccc(C(=O)O)c(Cl)c1. The lowest BCUT2D eigenvalue weighted by molar-refractivity contribution is -0.118. The van der Waals surface area contributed by atoms with Gasteiger partial charge in [-0.05, 0) is 24.5 Å². The summed E-state index contributed by atoms with van der Waals surface area (Å²) in [6.45, 7) is 1.83. The van der Waals surface area contributed by atoms with Gasteiger partial charge >= 0.3 is 5.97 Å². The van der Waals surface area contributed by atoms with Crippen LogP contribution in [-0.2, 0) is 4.79 Å². The van der Waals surface area contributed by atoms with Gasteiger partial charge in [0, 0.05) is 17.4 Å². The van der Waals surface area contributed by atoms with Crippen LogP contribution in [0.2, 0.25) is 5.02 Å². The highest BCUT2D eigenvalue weighted by molar-refractivity contribution is 7.98. The van der Waals surface area contributed by atoms with Gasteiger partial charge in [-0.3, -0.25) is 4.79 Å². The molecule has 18 heavy (non-hydrogen) atoms. The number of rotatable bonds is 5. The van der Waals surface area contributed by atoms with E-state index in [1.165, 1.54) is 18.2 Å². The Morgan fingerprint density at radius 2 is 2.17 bits per heavy atom. The first-order chi connectivity index (χ1) is 8.45. The fourth-order valence-electron chi connectivity index (χ4n) is 1.36. The summed E-state index contributed by atoms with van der Waals surface area (Å²) in [6.07, 6.45) is 1.93. The number of carboxylic acid groups (broad SMARTS) is 1. The van der Waals surface area contributed by atoms with Gasteiger partial charge in [0.15, 0.2) is 0 Å². The first-order valence-electron chi connectivity index (χ1n) is 5.28. The van der Waals surface area contributed by atoms with Crippen molar-refractivity contribution >= 4 is 40.9 Å². The lowest BCUT2D eigenvalue weighted by atomic mass is 10.1. The number of carbonyl (C=O) groups is 2. The van der Waals surface area contributed by atoms with Gasteiger partial charge in [-0.25, -0.2) is 4.79 Å². The molecule has 0 fully saturated rings. The molecule has 0 aromatic heterocycles. The standard InChI is InChI=1S/C12H14ClNO3S/c1-7(6-18-2)11(15)14-8-3-4-9(12(16)17)10(13)5-8/h3-5,7H,6H2,1-2H3,(H,14,15)(H,16,17). The van der Waals surface area contributed by atoms with Crippen LogP contribution in [0.15, 0.2) is 18.2 Å². The van der Waals surface area contributed by atoms with Crippen LogP contribution in [-0.4, -0.2) is 29.0 Å². The summed E-state index contributed by atoms with van der Waals surface area (Å²) in [6, 6.07) is 4.34. The first-order valence-corrected chi connectivity index (χ1v) is 7.05. The molecule has 0 radical (unpaired) electrons. The molecule has 1 atom stereocenters. The van der Waals surface area contributed by atoms with E-state index in [9.17, 15) is 9.59 Å². The Morgan fingerprint density at radius 1 is 1.50 bits per heavy atom. The van der Waals surface area contributed by atoms with Crippen LogP contribution in [0.3, 0.4) is 0 Å². The Morgan fingerprint density at radius 3 is 2.67 bits per heavy atom. The Hall–Kier alpha value is -1.20. The minimum atomic E-state index is -1.09. The largest absolute Gasteiger partial charge is 0.478 e. The van der Waals surface area contributed by atoms with Crippen molar-refractivity contribution in [2.75, 3.05) is 17.3 Å². The van der Waals surface area contributed by atoms with Crippen molar-refractivity contribution in [3.63, 3.8) is 0 Å². The summed E-state index contributed by atoms with van der Waals surface area (Å²) in [5.74, 6) is -0.581. The fraction of sp³-hybridized carbons (Fsp3) is 0.333. The third-order valence-electron chi connectivity index (χ3n) is 2.33. The molecule has 98 valence electrons. The minimum Gasteiger partial charge on any atom is -0.478 e. The molecule has 0 aliphatic rings. The first kappa shape index (κ1) is 14.9. The van der Waals surface area contributed by atoms with E-state index in [1.807, 2.05) is 13.2 Å². The Balaban J connectivity index is 2.77. The molecule has 2 N–H and O–H groups in total. The van der Waals surface area contributed by atoms with Crippen molar-refractivity contribution in [3.8, 4) is 0 Å². The van der Waals surface area contributed by atoms with E-state index in [0.29, 0.717) is 5.69 Å². The zero-order valence-electron chi connectivity index (χ0n) is 10.1. The number of halogens is 1. The molecule has 0 spiro atoms. The summed E-state index contributed by atoms with van der Waals surface area (Å²) < 4.78 is 0. The van der Waals surface area contributed by atoms with Gasteiger partial charge in [-0.15, -0.1) is 0 Å². The quantitative estimate of drug-likeness (QED) is 0.874. The van der Waals surface area contributed by atoms with Gasteiger partial charge in [0.05, 0.1) is 10.6 Å². The number of nitrogens with one attached hydrogen (secondary N) is 1. The van der Waals surface area contributed by atoms with Crippen LogP contribution in [0.4, 0.5) is 5.69 Å². The molecular formula is C12H14ClNO3S. The second-order valence-electron chi connectivity index (χ2n) is 3.85. The molecule has 0 saturated heterocycles. The summed E-state index contributed by atoms with van der Waals surface area (Å²) in [5.41, 5.74) is 0.523. The molecule has 0 aliphatic heterocycles. The number of hydrogen-bond donors (Lipinski definition) is 2. The third kappa shape index (κ3) is 3.92. The van der Waals surface area contributed by atoms with Gasteiger partial charge in [0.2, 0.25) is 5.91 Å². The van der Waals surface area contributed by atoms with Gasteiger partial charge in [-0.2, -0.15) is 11.8 Å². The summed E-state index contributed by atoms with van der Waals surface area (Å²) in [4.78, 5) is 22.5. The van der Waals surface area contributed by atoms with Crippen LogP contribution >= 0.6 is 23.4 Å². The van der Waals surface area contributed by atoms with Crippen molar-refractivity contribution < 1.29 is 14.7 Å². The molecule has 4 nitrogen and oxygen atoms in total. The number of aromatic carboxylic acids is 1. The monoisotopic (exact) mass is 287 g/mol. The van der Waals surface area contributed by atoms with Gasteiger partial charge in [0.1, 0.15) is 0 Å². The number of anilines is 1. The molecule has 1 unspecified atom stereocenters. The van der Waals surface area contributed by atoms with E-state index >= 15 is 0 Å². The van der Waals surface area contributed by atoms with Crippen LogP contribution < -0.4 is 5.32 Å². The van der Waals surface area contributed by atoms with E-state index in [4.69, 9.17) is 16.7 Å². The molecule has 1 aromatic rings. The summed E-state index contributed by atoms with van der Waals surface area (Å²) >= 11 is 7.41. The predicted molar refractivity (Wildman–Crippen MR) is 74.6 cm³/mol. The average molecular weight is 288 g/mol. The predicted octanol–water partition coefficient (Wildman–Crippen LogP) is 2.98. The van der Waals surface area contributed by atoms with Crippen molar-refractivity contribution in [3.05, 3.63) is 28.8 Å². The normalized spacial score (nSPS) is 11.9. The maximum absolute atomic E-state index is 11.7.